The van der Waals surface area contributed by atoms with Gasteiger partial charge in [-0.05, 0) is 32.0 Å². The molecule has 0 unspecified atom stereocenters. The molecule has 0 bridgehead atoms. The van der Waals surface area contributed by atoms with Crippen molar-refractivity contribution in [2.75, 3.05) is 10.6 Å². The minimum absolute atomic E-state index is 0.0179. The van der Waals surface area contributed by atoms with Crippen LogP contribution in [0, 0.1) is 13.8 Å². The van der Waals surface area contributed by atoms with Crippen molar-refractivity contribution in [2.45, 2.75) is 20.0 Å². The number of rotatable bonds is 3. The van der Waals surface area contributed by atoms with Crippen molar-refractivity contribution in [1.82, 2.24) is 19.5 Å². The van der Waals surface area contributed by atoms with Crippen LogP contribution in [0.15, 0.2) is 43.0 Å². The Balaban J connectivity index is 1.67. The number of alkyl halides is 3. The van der Waals surface area contributed by atoms with Gasteiger partial charge in [-0.3, -0.25) is 4.57 Å². The number of anilines is 2. The third-order valence-corrected chi connectivity index (χ3v) is 3.81. The number of hydrogen-bond acceptors (Lipinski definition) is 4. The van der Waals surface area contributed by atoms with E-state index in [4.69, 9.17) is 0 Å². The number of nitrogens with zero attached hydrogens (tertiary/aromatic N) is 4. The first kappa shape index (κ1) is 18.4. The minimum atomic E-state index is -4.48. The molecule has 27 heavy (non-hydrogen) atoms. The van der Waals surface area contributed by atoms with E-state index >= 15 is 0 Å². The molecule has 3 aromatic rings. The van der Waals surface area contributed by atoms with Gasteiger partial charge in [0.25, 0.3) is 0 Å². The van der Waals surface area contributed by atoms with Gasteiger partial charge in [-0.15, -0.1) is 0 Å². The molecule has 0 radical (unpaired) electrons. The topological polar surface area (TPSA) is 84.7 Å². The number of nitrogens with one attached hydrogen (secondary N) is 2. The number of aromatic nitrogens is 4. The Morgan fingerprint density at radius 2 is 1.70 bits per heavy atom. The van der Waals surface area contributed by atoms with Crippen molar-refractivity contribution >= 4 is 17.4 Å². The van der Waals surface area contributed by atoms with Gasteiger partial charge in [0.1, 0.15) is 6.33 Å². The normalized spacial score (nSPS) is 11.3. The first-order valence-electron chi connectivity index (χ1n) is 7.82. The second kappa shape index (κ2) is 7.06. The summed E-state index contributed by atoms with van der Waals surface area (Å²) in [7, 11) is 0. The fourth-order valence-corrected chi connectivity index (χ4v) is 2.28. The van der Waals surface area contributed by atoms with E-state index in [1.807, 2.05) is 13.8 Å². The number of aryl methyl sites for hydroxylation is 1. The number of halogens is 3. The van der Waals surface area contributed by atoms with Gasteiger partial charge in [0.05, 0.1) is 29.3 Å². The van der Waals surface area contributed by atoms with Crippen molar-refractivity contribution in [1.29, 1.82) is 0 Å². The molecular formula is C17H15F3N6O. The van der Waals surface area contributed by atoms with Crippen molar-refractivity contribution in [3.8, 4) is 5.95 Å². The van der Waals surface area contributed by atoms with Gasteiger partial charge in [0.2, 0.25) is 5.95 Å². The predicted octanol–water partition coefficient (Wildman–Crippen LogP) is 3.94. The average Bonchev–Trinajstić information content (AvgIpc) is 2.94. The Kier molecular flexibility index (Phi) is 4.80. The summed E-state index contributed by atoms with van der Waals surface area (Å²) in [5, 5.41) is 4.81. The lowest BCUT2D eigenvalue weighted by atomic mass is 10.2. The first-order chi connectivity index (χ1) is 12.7. The summed E-state index contributed by atoms with van der Waals surface area (Å²) in [6.45, 7) is 3.74. The van der Waals surface area contributed by atoms with Gasteiger partial charge in [-0.2, -0.15) is 13.2 Å². The summed E-state index contributed by atoms with van der Waals surface area (Å²) in [5.41, 5.74) is 1.19. The molecule has 2 amide bonds. The van der Waals surface area contributed by atoms with E-state index in [0.29, 0.717) is 5.95 Å². The van der Waals surface area contributed by atoms with Crippen LogP contribution in [0.4, 0.5) is 29.3 Å². The van der Waals surface area contributed by atoms with E-state index < -0.39 is 17.8 Å². The van der Waals surface area contributed by atoms with E-state index in [0.717, 1.165) is 23.5 Å². The number of amides is 2. The number of urea groups is 1. The molecule has 0 atom stereocenters. The van der Waals surface area contributed by atoms with Gasteiger partial charge >= 0.3 is 12.2 Å². The third kappa shape index (κ3) is 4.22. The summed E-state index contributed by atoms with van der Waals surface area (Å²) in [6.07, 6.45) is -0.110. The van der Waals surface area contributed by atoms with Gasteiger partial charge in [0.15, 0.2) is 0 Å². The summed E-state index contributed by atoms with van der Waals surface area (Å²) in [6, 6.07) is 3.64. The Morgan fingerprint density at radius 1 is 1.04 bits per heavy atom. The molecule has 2 heterocycles. The van der Waals surface area contributed by atoms with Crippen LogP contribution in [-0.4, -0.2) is 25.6 Å². The second-order valence-electron chi connectivity index (χ2n) is 5.71. The summed E-state index contributed by atoms with van der Waals surface area (Å²) >= 11 is 0. The van der Waals surface area contributed by atoms with Crippen LogP contribution in [0.2, 0.25) is 0 Å². The zero-order valence-electron chi connectivity index (χ0n) is 14.4. The van der Waals surface area contributed by atoms with Crippen LogP contribution in [-0.2, 0) is 6.18 Å². The van der Waals surface area contributed by atoms with Crippen LogP contribution in [0.3, 0.4) is 0 Å². The number of imidazole rings is 1. The summed E-state index contributed by atoms with van der Waals surface area (Å²) < 4.78 is 39.8. The molecule has 0 aliphatic carbocycles. The van der Waals surface area contributed by atoms with Crippen LogP contribution in [0.25, 0.3) is 5.95 Å². The maximum atomic E-state index is 12.7. The van der Waals surface area contributed by atoms with Gasteiger partial charge < -0.3 is 10.6 Å². The van der Waals surface area contributed by atoms with Crippen molar-refractivity contribution in [3.63, 3.8) is 0 Å². The highest BCUT2D eigenvalue weighted by Crippen LogP contribution is 2.30. The summed E-state index contributed by atoms with van der Waals surface area (Å²) in [5.74, 6) is 0.386. The number of carbonyl (C=O) groups is 1. The fourth-order valence-electron chi connectivity index (χ4n) is 2.28. The Bertz CT molecular complexity index is 966. The van der Waals surface area contributed by atoms with Gasteiger partial charge in [-0.25, -0.2) is 19.7 Å². The molecule has 1 aromatic carbocycles. The lowest BCUT2D eigenvalue weighted by Crippen LogP contribution is -2.20. The van der Waals surface area contributed by atoms with E-state index in [2.05, 4.69) is 25.6 Å². The van der Waals surface area contributed by atoms with E-state index in [1.165, 1.54) is 24.5 Å². The zero-order chi connectivity index (χ0) is 19.6. The average molecular weight is 376 g/mol. The van der Waals surface area contributed by atoms with Crippen LogP contribution in [0.5, 0.6) is 0 Å². The Labute approximate surface area is 152 Å². The maximum Gasteiger partial charge on any atom is 0.416 e. The third-order valence-electron chi connectivity index (χ3n) is 3.81. The molecule has 2 N–H and O–H groups in total. The summed E-state index contributed by atoms with van der Waals surface area (Å²) in [4.78, 5) is 24.4. The fraction of sp³-hybridized carbons (Fsp3) is 0.176. The molecule has 140 valence electrons. The molecule has 0 spiro atoms. The highest BCUT2D eigenvalue weighted by molar-refractivity contribution is 5.99. The largest absolute Gasteiger partial charge is 0.416 e. The Morgan fingerprint density at radius 3 is 2.30 bits per heavy atom. The number of hydrogen-bond donors (Lipinski definition) is 2. The van der Waals surface area contributed by atoms with E-state index in [1.54, 1.807) is 10.9 Å². The zero-order valence-corrected chi connectivity index (χ0v) is 14.4. The molecule has 0 saturated carbocycles. The molecular weight excluding hydrogens is 361 g/mol. The quantitative estimate of drug-likeness (QED) is 0.725. The standard InChI is InChI=1S/C17H15F3N6O/c1-10-11(2)26(9-23-10)15-21-7-14(8-22-15)25-16(27)24-13-5-3-4-12(6-13)17(18,19)20/h3-9H,1-2H3,(H2,24,25,27). The van der Waals surface area contributed by atoms with Gasteiger partial charge in [0, 0.05) is 11.4 Å². The smallest absolute Gasteiger partial charge is 0.308 e. The highest BCUT2D eigenvalue weighted by Gasteiger charge is 2.30. The molecule has 10 heteroatoms. The van der Waals surface area contributed by atoms with Crippen molar-refractivity contribution in [3.05, 3.63) is 59.9 Å². The Hall–Kier alpha value is -3.43. The van der Waals surface area contributed by atoms with Crippen LogP contribution in [0.1, 0.15) is 17.0 Å². The van der Waals surface area contributed by atoms with E-state index in [9.17, 15) is 18.0 Å². The van der Waals surface area contributed by atoms with Crippen LogP contribution >= 0.6 is 0 Å². The molecule has 2 aromatic heterocycles. The molecule has 7 nitrogen and oxygen atoms in total. The van der Waals surface area contributed by atoms with Crippen LogP contribution < -0.4 is 10.6 Å². The van der Waals surface area contributed by atoms with E-state index in [-0.39, 0.29) is 11.4 Å². The lowest BCUT2D eigenvalue weighted by molar-refractivity contribution is -0.137. The first-order valence-corrected chi connectivity index (χ1v) is 7.82. The molecule has 0 aliphatic heterocycles. The maximum absolute atomic E-state index is 12.7. The molecule has 0 fully saturated rings. The molecule has 0 aliphatic rings. The van der Waals surface area contributed by atoms with Gasteiger partial charge in [-0.1, -0.05) is 6.07 Å². The molecule has 3 rings (SSSR count). The lowest BCUT2D eigenvalue weighted by Gasteiger charge is -2.11. The number of carbonyl (C=O) groups excluding carboxylic acids is 1. The monoisotopic (exact) mass is 376 g/mol. The minimum Gasteiger partial charge on any atom is -0.308 e. The second-order valence-corrected chi connectivity index (χ2v) is 5.71. The van der Waals surface area contributed by atoms with Crippen molar-refractivity contribution < 1.29 is 18.0 Å². The predicted molar refractivity (Wildman–Crippen MR) is 92.7 cm³/mol. The molecule has 0 saturated heterocycles. The SMILES string of the molecule is Cc1ncn(-c2ncc(NC(=O)Nc3cccc(C(F)(F)F)c3)cn2)c1C. The number of benzene rings is 1. The van der Waals surface area contributed by atoms with Crippen molar-refractivity contribution in [2.24, 2.45) is 0 Å². The highest BCUT2D eigenvalue weighted by atomic mass is 19.4.